The number of carboxylic acid groups (broad SMARTS) is 1. The average molecular weight is 300 g/mol. The maximum Gasteiger partial charge on any atom is 0.416 e. The van der Waals surface area contributed by atoms with Crippen LogP contribution in [-0.4, -0.2) is 21.3 Å². The van der Waals surface area contributed by atoms with Crippen molar-refractivity contribution >= 4 is 5.97 Å². The number of benzene rings is 1. The first-order valence-electron chi connectivity index (χ1n) is 6.08. The Kier molecular flexibility index (Phi) is 4.25. The smallest absolute Gasteiger partial charge is 0.416 e. The SMILES string of the molecule is O=C(O)CCCc1nnc(-c2cccc(C(F)(F)F)c2)o1. The Balaban J connectivity index is 2.12. The highest BCUT2D eigenvalue weighted by Gasteiger charge is 2.30. The van der Waals surface area contributed by atoms with Crippen LogP contribution in [0.2, 0.25) is 0 Å². The molecule has 0 bridgehead atoms. The van der Waals surface area contributed by atoms with Crippen molar-refractivity contribution in [1.82, 2.24) is 10.2 Å². The van der Waals surface area contributed by atoms with Gasteiger partial charge in [0.05, 0.1) is 5.56 Å². The highest BCUT2D eigenvalue weighted by Crippen LogP contribution is 2.31. The van der Waals surface area contributed by atoms with Crippen molar-refractivity contribution in [2.75, 3.05) is 0 Å². The molecule has 0 aliphatic heterocycles. The van der Waals surface area contributed by atoms with Crippen molar-refractivity contribution in [2.24, 2.45) is 0 Å². The zero-order valence-corrected chi connectivity index (χ0v) is 10.7. The zero-order valence-electron chi connectivity index (χ0n) is 10.7. The molecule has 0 aliphatic rings. The van der Waals surface area contributed by atoms with Crippen molar-refractivity contribution in [3.8, 4) is 11.5 Å². The van der Waals surface area contributed by atoms with Crippen LogP contribution in [0.25, 0.3) is 11.5 Å². The number of aromatic nitrogens is 2. The highest BCUT2D eigenvalue weighted by atomic mass is 19.4. The Bertz CT molecular complexity index is 638. The minimum atomic E-state index is -4.44. The van der Waals surface area contributed by atoms with Gasteiger partial charge in [0.25, 0.3) is 0 Å². The molecule has 1 N–H and O–H groups in total. The second-order valence-corrected chi connectivity index (χ2v) is 4.33. The number of carboxylic acids is 1. The van der Waals surface area contributed by atoms with Gasteiger partial charge in [0, 0.05) is 18.4 Å². The third-order valence-electron chi connectivity index (χ3n) is 2.68. The van der Waals surface area contributed by atoms with E-state index in [0.717, 1.165) is 12.1 Å². The molecular weight excluding hydrogens is 289 g/mol. The van der Waals surface area contributed by atoms with Gasteiger partial charge in [-0.15, -0.1) is 10.2 Å². The quantitative estimate of drug-likeness (QED) is 0.917. The molecule has 0 radical (unpaired) electrons. The number of rotatable bonds is 5. The molecule has 2 aromatic rings. The van der Waals surface area contributed by atoms with Gasteiger partial charge in [0.15, 0.2) is 0 Å². The Morgan fingerprint density at radius 3 is 2.71 bits per heavy atom. The molecule has 0 unspecified atom stereocenters. The topological polar surface area (TPSA) is 76.2 Å². The number of nitrogens with zero attached hydrogens (tertiary/aromatic N) is 2. The fourth-order valence-corrected chi connectivity index (χ4v) is 1.69. The van der Waals surface area contributed by atoms with E-state index in [2.05, 4.69) is 10.2 Å². The van der Waals surface area contributed by atoms with E-state index in [4.69, 9.17) is 9.52 Å². The molecule has 0 spiro atoms. The van der Waals surface area contributed by atoms with E-state index in [9.17, 15) is 18.0 Å². The van der Waals surface area contributed by atoms with Crippen LogP contribution < -0.4 is 0 Å². The van der Waals surface area contributed by atoms with Crippen molar-refractivity contribution in [2.45, 2.75) is 25.4 Å². The van der Waals surface area contributed by atoms with Gasteiger partial charge in [0.1, 0.15) is 0 Å². The predicted molar refractivity (Wildman–Crippen MR) is 65.3 cm³/mol. The molecule has 0 aliphatic carbocycles. The number of aliphatic carboxylic acids is 1. The van der Waals surface area contributed by atoms with Gasteiger partial charge < -0.3 is 9.52 Å². The molecule has 21 heavy (non-hydrogen) atoms. The second kappa shape index (κ2) is 5.94. The summed E-state index contributed by atoms with van der Waals surface area (Å²) in [5.41, 5.74) is -0.632. The Labute approximate surface area is 117 Å². The van der Waals surface area contributed by atoms with Crippen LogP contribution in [-0.2, 0) is 17.4 Å². The third-order valence-corrected chi connectivity index (χ3v) is 2.68. The summed E-state index contributed by atoms with van der Waals surface area (Å²) < 4.78 is 43.1. The molecule has 112 valence electrons. The van der Waals surface area contributed by atoms with Gasteiger partial charge in [-0.25, -0.2) is 0 Å². The summed E-state index contributed by atoms with van der Waals surface area (Å²) in [4.78, 5) is 10.4. The molecule has 8 heteroatoms. The first kappa shape index (κ1) is 15.0. The van der Waals surface area contributed by atoms with Gasteiger partial charge in [-0.2, -0.15) is 13.2 Å². The predicted octanol–water partition coefficient (Wildman–Crippen LogP) is 3.16. The summed E-state index contributed by atoms with van der Waals surface area (Å²) >= 11 is 0. The lowest BCUT2D eigenvalue weighted by Crippen LogP contribution is -2.04. The number of halogens is 3. The lowest BCUT2D eigenvalue weighted by Gasteiger charge is -2.06. The molecular formula is C13H11F3N2O3. The van der Waals surface area contributed by atoms with Gasteiger partial charge in [-0.3, -0.25) is 4.79 Å². The van der Waals surface area contributed by atoms with Crippen molar-refractivity contribution in [3.05, 3.63) is 35.7 Å². The number of alkyl halides is 3. The Hall–Kier alpha value is -2.38. The maximum atomic E-state index is 12.6. The Morgan fingerprint density at radius 2 is 2.05 bits per heavy atom. The largest absolute Gasteiger partial charge is 0.481 e. The number of hydrogen-bond acceptors (Lipinski definition) is 4. The van der Waals surface area contributed by atoms with Crippen LogP contribution in [0, 0.1) is 0 Å². The monoisotopic (exact) mass is 300 g/mol. The maximum absolute atomic E-state index is 12.6. The molecule has 1 heterocycles. The van der Waals surface area contributed by atoms with E-state index in [1.807, 2.05) is 0 Å². The van der Waals surface area contributed by atoms with Gasteiger partial charge in [-0.1, -0.05) is 6.07 Å². The lowest BCUT2D eigenvalue weighted by atomic mass is 10.1. The van der Waals surface area contributed by atoms with Crippen LogP contribution in [0.4, 0.5) is 13.2 Å². The van der Waals surface area contributed by atoms with Crippen LogP contribution in [0.1, 0.15) is 24.3 Å². The summed E-state index contributed by atoms with van der Waals surface area (Å²) in [5.74, 6) is -0.761. The number of aryl methyl sites for hydroxylation is 1. The Morgan fingerprint density at radius 1 is 1.29 bits per heavy atom. The standard InChI is InChI=1S/C13H11F3N2O3/c14-13(15,16)9-4-1-3-8(7-9)12-18-17-10(21-12)5-2-6-11(19)20/h1,3-4,7H,2,5-6H2,(H,19,20). The van der Waals surface area contributed by atoms with E-state index < -0.39 is 17.7 Å². The molecule has 0 saturated carbocycles. The highest BCUT2D eigenvalue weighted by molar-refractivity contribution is 5.66. The first-order chi connectivity index (χ1) is 9.86. The minimum absolute atomic E-state index is 0.0218. The minimum Gasteiger partial charge on any atom is -0.481 e. The van der Waals surface area contributed by atoms with Crippen LogP contribution in [0.5, 0.6) is 0 Å². The van der Waals surface area contributed by atoms with Gasteiger partial charge in [0.2, 0.25) is 11.8 Å². The molecule has 0 amide bonds. The fourth-order valence-electron chi connectivity index (χ4n) is 1.69. The third kappa shape index (κ3) is 4.04. The van der Waals surface area contributed by atoms with Crippen molar-refractivity contribution < 1.29 is 27.5 Å². The molecule has 0 saturated heterocycles. The van der Waals surface area contributed by atoms with Gasteiger partial charge in [-0.05, 0) is 24.6 Å². The van der Waals surface area contributed by atoms with Crippen LogP contribution in [0.15, 0.2) is 28.7 Å². The molecule has 1 aromatic heterocycles. The summed E-state index contributed by atoms with van der Waals surface area (Å²) in [6.07, 6.45) is -3.90. The molecule has 0 fully saturated rings. The lowest BCUT2D eigenvalue weighted by molar-refractivity contribution is -0.138. The molecule has 2 rings (SSSR count). The number of hydrogen-bond donors (Lipinski definition) is 1. The number of carbonyl (C=O) groups is 1. The second-order valence-electron chi connectivity index (χ2n) is 4.33. The van der Waals surface area contributed by atoms with E-state index in [0.29, 0.717) is 6.42 Å². The van der Waals surface area contributed by atoms with Crippen molar-refractivity contribution in [3.63, 3.8) is 0 Å². The van der Waals surface area contributed by atoms with Crippen LogP contribution >= 0.6 is 0 Å². The van der Waals surface area contributed by atoms with E-state index >= 15 is 0 Å². The molecule has 1 aromatic carbocycles. The van der Waals surface area contributed by atoms with E-state index in [1.165, 1.54) is 12.1 Å². The summed E-state index contributed by atoms with van der Waals surface area (Å²) in [6, 6.07) is 4.57. The summed E-state index contributed by atoms with van der Waals surface area (Å²) in [5, 5.41) is 15.9. The molecule has 5 nitrogen and oxygen atoms in total. The summed E-state index contributed by atoms with van der Waals surface area (Å²) in [7, 11) is 0. The van der Waals surface area contributed by atoms with Gasteiger partial charge >= 0.3 is 12.1 Å². The average Bonchev–Trinajstić information content (AvgIpc) is 2.86. The normalized spacial score (nSPS) is 11.6. The fraction of sp³-hybridized carbons (Fsp3) is 0.308. The molecule has 0 atom stereocenters. The zero-order chi connectivity index (χ0) is 15.5. The van der Waals surface area contributed by atoms with E-state index in [-0.39, 0.29) is 30.2 Å². The van der Waals surface area contributed by atoms with Crippen molar-refractivity contribution in [1.29, 1.82) is 0 Å². The van der Waals surface area contributed by atoms with E-state index in [1.54, 1.807) is 0 Å². The first-order valence-corrected chi connectivity index (χ1v) is 6.08. The van der Waals surface area contributed by atoms with Crippen LogP contribution in [0.3, 0.4) is 0 Å². The summed E-state index contributed by atoms with van der Waals surface area (Å²) in [6.45, 7) is 0.